The molecule has 4 N–H and O–H groups in total. The minimum absolute atomic E-state index is 0.00933. The van der Waals surface area contributed by atoms with Crippen LogP contribution in [0.25, 0.3) is 21.6 Å². The molecule has 0 saturated carbocycles. The molecule has 4 aromatic carbocycles. The smallest absolute Gasteiger partial charge is 0.255 e. The van der Waals surface area contributed by atoms with E-state index >= 15 is 0 Å². The third-order valence-corrected chi connectivity index (χ3v) is 17.6. The standard InChI is InChI=1S/C68H85N7O13S/c1-8-73(53-19-21-82-22-20-53)59-35-52(34-57(46(59)6)64(77)70-39-58-44(4)33-45(5)72-65(58)78)48-15-17-55(18-16-48)87-31-29-85-27-25-83-23-24-84-26-28-86-30-32-88-61-36-49(63-47(7)71-42-89-63)13-14-50(61)38-69-66(79)60-37-54(76)41-74(60)68(81)62(43(2)3)75-40-51-11-9-10-12-56(51)67(75)80/h9-18,33-36,42-43,53-54,60,62,76H,8,19-32,37-41H2,1-7H3,(H,69,79)(H,70,77)(H,72,78)/t54-,60+,62+/m1/s1. The zero-order chi connectivity index (χ0) is 63.0. The predicted octanol–water partition coefficient (Wildman–Crippen LogP) is 8.12. The molecule has 2 aromatic heterocycles. The molecule has 3 aliphatic heterocycles. The Morgan fingerprint density at radius 2 is 1.45 bits per heavy atom. The number of anilines is 1. The number of aromatic nitrogens is 2. The topological polar surface area (TPSA) is 233 Å². The Kier molecular flexibility index (Phi) is 23.6. The number of thiazole rings is 1. The summed E-state index contributed by atoms with van der Waals surface area (Å²) in [6.07, 6.45) is 0.994. The summed E-state index contributed by atoms with van der Waals surface area (Å²) in [5, 5.41) is 16.8. The lowest BCUT2D eigenvalue weighted by Gasteiger charge is -2.37. The van der Waals surface area contributed by atoms with Crippen molar-refractivity contribution in [3.63, 3.8) is 0 Å². The van der Waals surface area contributed by atoms with Crippen LogP contribution >= 0.6 is 11.3 Å². The third-order valence-electron chi connectivity index (χ3n) is 16.6. The molecule has 0 unspecified atom stereocenters. The molecule has 9 rings (SSSR count). The summed E-state index contributed by atoms with van der Waals surface area (Å²) < 4.78 is 41.0. The van der Waals surface area contributed by atoms with Crippen molar-refractivity contribution in [2.45, 2.75) is 112 Å². The zero-order valence-corrected chi connectivity index (χ0v) is 53.0. The Morgan fingerprint density at radius 1 is 0.787 bits per heavy atom. The Hall–Kier alpha value is -7.50. The van der Waals surface area contributed by atoms with Crippen LogP contribution in [0.15, 0.2) is 95.2 Å². The van der Waals surface area contributed by atoms with Gasteiger partial charge in [-0.2, -0.15) is 0 Å². The van der Waals surface area contributed by atoms with Crippen LogP contribution in [0, 0.1) is 33.6 Å². The van der Waals surface area contributed by atoms with E-state index in [1.165, 1.54) is 16.2 Å². The minimum atomic E-state index is -0.922. The first-order valence-electron chi connectivity index (χ1n) is 30.9. The van der Waals surface area contributed by atoms with E-state index in [9.17, 15) is 29.1 Å². The number of rotatable bonds is 31. The largest absolute Gasteiger partial charge is 0.491 e. The van der Waals surface area contributed by atoms with Crippen molar-refractivity contribution in [1.29, 1.82) is 0 Å². The van der Waals surface area contributed by atoms with Gasteiger partial charge in [-0.05, 0) is 129 Å². The van der Waals surface area contributed by atoms with E-state index in [0.29, 0.717) is 101 Å². The lowest BCUT2D eigenvalue weighted by Crippen LogP contribution is -2.55. The Morgan fingerprint density at radius 3 is 2.09 bits per heavy atom. The molecule has 21 heteroatoms. The maximum Gasteiger partial charge on any atom is 0.255 e. The van der Waals surface area contributed by atoms with E-state index in [-0.39, 0.29) is 74.5 Å². The van der Waals surface area contributed by atoms with Crippen LogP contribution in [0.5, 0.6) is 11.5 Å². The van der Waals surface area contributed by atoms with Crippen molar-refractivity contribution in [3.8, 4) is 33.1 Å². The quantitative estimate of drug-likeness (QED) is 0.0301. The number of carbonyl (C=O) groups excluding carboxylic acids is 4. The van der Waals surface area contributed by atoms with Gasteiger partial charge in [0.25, 0.3) is 17.4 Å². The second-order valence-electron chi connectivity index (χ2n) is 23.1. The van der Waals surface area contributed by atoms with Crippen LogP contribution in [0.4, 0.5) is 5.69 Å². The number of β-amino-alcohol motifs (C(OH)–C–C–N with tert-alkyl or cyclic N) is 1. The van der Waals surface area contributed by atoms with E-state index in [0.717, 1.165) is 80.3 Å². The summed E-state index contributed by atoms with van der Waals surface area (Å²) in [7, 11) is 0. The number of H-pyrrole nitrogens is 1. The maximum atomic E-state index is 14.3. The zero-order valence-electron chi connectivity index (χ0n) is 52.2. The molecule has 0 aliphatic carbocycles. The second kappa shape index (κ2) is 31.8. The van der Waals surface area contributed by atoms with Gasteiger partial charge in [0.15, 0.2) is 0 Å². The van der Waals surface area contributed by atoms with Crippen molar-refractivity contribution in [1.82, 2.24) is 30.4 Å². The molecular formula is C68H85N7O13S. The lowest BCUT2D eigenvalue weighted by molar-refractivity contribution is -0.143. The molecule has 3 atom stereocenters. The molecular weight excluding hydrogens is 1150 g/mol. The van der Waals surface area contributed by atoms with Gasteiger partial charge in [0.2, 0.25) is 11.8 Å². The van der Waals surface area contributed by atoms with Crippen molar-refractivity contribution >= 4 is 40.7 Å². The Balaban J connectivity index is 0.670. The minimum Gasteiger partial charge on any atom is -0.491 e. The van der Waals surface area contributed by atoms with E-state index in [1.807, 2.05) is 108 Å². The average Bonchev–Trinajstić information content (AvgIpc) is 1.82. The van der Waals surface area contributed by atoms with Crippen molar-refractivity contribution in [2.75, 3.05) is 97.3 Å². The number of aliphatic hydroxyl groups is 1. The van der Waals surface area contributed by atoms with Gasteiger partial charge in [0.05, 0.1) is 75.0 Å². The summed E-state index contributed by atoms with van der Waals surface area (Å²) in [5.74, 6) is -0.214. The molecule has 2 saturated heterocycles. The van der Waals surface area contributed by atoms with Gasteiger partial charge in [-0.25, -0.2) is 4.98 Å². The number of aryl methyl sites for hydroxylation is 3. The fourth-order valence-corrected chi connectivity index (χ4v) is 12.7. The summed E-state index contributed by atoms with van der Waals surface area (Å²) in [5.41, 5.74) is 12.0. The molecule has 5 heterocycles. The number of aromatic amines is 1. The van der Waals surface area contributed by atoms with Crippen molar-refractivity contribution in [3.05, 3.63) is 151 Å². The van der Waals surface area contributed by atoms with Crippen molar-refractivity contribution in [2.24, 2.45) is 5.92 Å². The number of hydrogen-bond acceptors (Lipinski definition) is 16. The number of amides is 4. The van der Waals surface area contributed by atoms with E-state index in [4.69, 9.17) is 33.2 Å². The lowest BCUT2D eigenvalue weighted by atomic mass is 9.95. The molecule has 0 bridgehead atoms. The highest BCUT2D eigenvalue weighted by atomic mass is 32.1. The van der Waals surface area contributed by atoms with Gasteiger partial charge < -0.3 is 68.6 Å². The van der Waals surface area contributed by atoms with Gasteiger partial charge in [0.1, 0.15) is 36.8 Å². The Bertz CT molecular complexity index is 3440. The van der Waals surface area contributed by atoms with Gasteiger partial charge in [-0.3, -0.25) is 24.0 Å². The average molecular weight is 1240 g/mol. The van der Waals surface area contributed by atoms with Crippen LogP contribution in [0.2, 0.25) is 0 Å². The Labute approximate surface area is 525 Å². The molecule has 20 nitrogen and oxygen atoms in total. The molecule has 3 aliphatic rings. The number of aliphatic hydroxyl groups excluding tert-OH is 1. The first-order chi connectivity index (χ1) is 43.1. The highest BCUT2D eigenvalue weighted by Gasteiger charge is 2.46. The number of hydrogen-bond donors (Lipinski definition) is 4. The highest BCUT2D eigenvalue weighted by molar-refractivity contribution is 7.13. The molecule has 2 fully saturated rings. The van der Waals surface area contributed by atoms with Crippen LogP contribution in [0.3, 0.4) is 0 Å². The SMILES string of the molecule is CCN(c1cc(-c2ccc(OCCOCCOCCOCCOCCOc3cc(-c4scnc4C)ccc3CNC(=O)[C@@H]3C[C@@H](O)CN3C(=O)[C@H](C(C)C)N3Cc4ccccc4C3=O)cc2)cc(C(=O)NCc2c(C)cc(C)[nH]c2=O)c1C)C1CCOCC1. The van der Waals surface area contributed by atoms with Crippen LogP contribution < -0.4 is 30.6 Å². The number of carbonyl (C=O) groups is 4. The van der Waals surface area contributed by atoms with Gasteiger partial charge >= 0.3 is 0 Å². The first-order valence-corrected chi connectivity index (χ1v) is 31.8. The van der Waals surface area contributed by atoms with Crippen LogP contribution in [0.1, 0.15) is 100.0 Å². The number of nitrogens with zero attached hydrogens (tertiary/aromatic N) is 4. The van der Waals surface area contributed by atoms with Crippen LogP contribution in [-0.2, 0) is 52.9 Å². The number of nitrogens with one attached hydrogen (secondary N) is 3. The first kappa shape index (κ1) is 65.9. The van der Waals surface area contributed by atoms with Gasteiger partial charge in [0, 0.05) is 92.0 Å². The van der Waals surface area contributed by atoms with Gasteiger partial charge in [-0.1, -0.05) is 56.3 Å². The summed E-state index contributed by atoms with van der Waals surface area (Å²) in [6, 6.07) is 25.5. The monoisotopic (exact) mass is 1240 g/mol. The normalized spacial score (nSPS) is 16.2. The van der Waals surface area contributed by atoms with Crippen LogP contribution in [-0.4, -0.2) is 165 Å². The molecule has 476 valence electrons. The summed E-state index contributed by atoms with van der Waals surface area (Å²) in [6.45, 7) is 19.8. The number of pyridine rings is 1. The number of likely N-dealkylation sites (tertiary alicyclic amines) is 1. The maximum absolute atomic E-state index is 14.3. The van der Waals surface area contributed by atoms with Crippen molar-refractivity contribution < 1.29 is 57.4 Å². The fraction of sp³-hybridized carbons (Fsp3) is 0.471. The summed E-state index contributed by atoms with van der Waals surface area (Å²) >= 11 is 1.52. The van der Waals surface area contributed by atoms with E-state index in [1.54, 1.807) is 22.5 Å². The number of ether oxygens (including phenoxy) is 7. The molecule has 0 spiro atoms. The third kappa shape index (κ3) is 16.9. The summed E-state index contributed by atoms with van der Waals surface area (Å²) in [4.78, 5) is 82.1. The number of benzene rings is 4. The fourth-order valence-electron chi connectivity index (χ4n) is 11.9. The molecule has 0 radical (unpaired) electrons. The predicted molar refractivity (Wildman–Crippen MR) is 341 cm³/mol. The number of fused-ring (bicyclic) bond motifs is 1. The molecule has 6 aromatic rings. The molecule has 4 amide bonds. The molecule has 89 heavy (non-hydrogen) atoms. The van der Waals surface area contributed by atoms with E-state index in [2.05, 4.69) is 38.5 Å². The van der Waals surface area contributed by atoms with Gasteiger partial charge in [-0.15, -0.1) is 11.3 Å². The second-order valence-corrected chi connectivity index (χ2v) is 23.9. The van der Waals surface area contributed by atoms with E-state index < -0.39 is 24.1 Å². The highest BCUT2D eigenvalue weighted by Crippen LogP contribution is 2.36.